The number of rotatable bonds is 4. The molecule has 2 atom stereocenters. The number of anilines is 2. The highest BCUT2D eigenvalue weighted by atomic mass is 16.6. The van der Waals surface area contributed by atoms with Crippen LogP contribution in [0.25, 0.3) is 22.8 Å². The molecule has 1 aromatic heterocycles. The van der Waals surface area contributed by atoms with E-state index >= 15 is 0 Å². The summed E-state index contributed by atoms with van der Waals surface area (Å²) in [4.78, 5) is 32.0. The van der Waals surface area contributed by atoms with Gasteiger partial charge in [0.25, 0.3) is 17.5 Å². The largest absolute Gasteiger partial charge is 0.365 e. The van der Waals surface area contributed by atoms with Crippen molar-refractivity contribution in [2.75, 3.05) is 16.8 Å². The van der Waals surface area contributed by atoms with Crippen LogP contribution in [-0.2, 0) is 4.79 Å². The highest BCUT2D eigenvalue weighted by Gasteiger charge is 2.43. The Morgan fingerprint density at radius 1 is 1.00 bits per heavy atom. The Bertz CT molecular complexity index is 1490. The van der Waals surface area contributed by atoms with Gasteiger partial charge in [0, 0.05) is 53.3 Å². The molecule has 0 radical (unpaired) electrons. The molecule has 3 aromatic carbocycles. The van der Waals surface area contributed by atoms with Gasteiger partial charge in [-0.1, -0.05) is 35.5 Å². The third-order valence-electron chi connectivity index (χ3n) is 6.49. The number of aromatic nitrogens is 2. The summed E-state index contributed by atoms with van der Waals surface area (Å²) in [6, 6.07) is 21.5. The van der Waals surface area contributed by atoms with Crippen LogP contribution in [-0.4, -0.2) is 34.1 Å². The molecule has 0 fully saturated rings. The Hall–Kier alpha value is -4.79. The minimum atomic E-state index is -0.471. The van der Waals surface area contributed by atoms with Crippen LogP contribution in [0.4, 0.5) is 17.1 Å². The maximum absolute atomic E-state index is 13.0. The summed E-state index contributed by atoms with van der Waals surface area (Å²) >= 11 is 0. The van der Waals surface area contributed by atoms with Crippen molar-refractivity contribution in [2.24, 2.45) is 0 Å². The average Bonchev–Trinajstić information content (AvgIpc) is 3.49. The maximum Gasteiger partial charge on any atom is 0.270 e. The lowest BCUT2D eigenvalue weighted by Gasteiger charge is -2.36. The van der Waals surface area contributed by atoms with Gasteiger partial charge in [0.05, 0.1) is 17.0 Å². The summed E-state index contributed by atoms with van der Waals surface area (Å²) in [7, 11) is 2.04. The summed E-state index contributed by atoms with van der Waals surface area (Å²) < 4.78 is 5.35. The van der Waals surface area contributed by atoms with Crippen LogP contribution in [0.2, 0.25) is 0 Å². The summed E-state index contributed by atoms with van der Waals surface area (Å²) in [6.45, 7) is 0. The van der Waals surface area contributed by atoms with Crippen molar-refractivity contribution in [3.8, 4) is 22.8 Å². The first-order valence-electron chi connectivity index (χ1n) is 11.0. The number of amides is 1. The van der Waals surface area contributed by atoms with Crippen molar-refractivity contribution in [3.63, 3.8) is 0 Å². The molecular weight excluding hydrogens is 446 g/mol. The molecule has 1 amide bonds. The fourth-order valence-electron chi connectivity index (χ4n) is 4.81. The summed E-state index contributed by atoms with van der Waals surface area (Å²) in [5.41, 5.74) is 4.12. The van der Waals surface area contributed by atoms with E-state index in [1.807, 2.05) is 54.4 Å². The SMILES string of the molecule is CN1c2ccccc2C2C1C=CC(=O)N2c1ccc(-c2noc(-c3cccc([N+](=O)[O-])c3)n2)cc1. The van der Waals surface area contributed by atoms with Crippen LogP contribution in [0.1, 0.15) is 11.6 Å². The normalized spacial score (nSPS) is 18.5. The number of nitro benzene ring substituents is 1. The molecule has 0 aliphatic carbocycles. The van der Waals surface area contributed by atoms with E-state index in [1.54, 1.807) is 18.2 Å². The van der Waals surface area contributed by atoms with Crippen LogP contribution in [0.3, 0.4) is 0 Å². The maximum atomic E-state index is 13.0. The van der Waals surface area contributed by atoms with Gasteiger partial charge in [-0.05, 0) is 36.4 Å². The minimum Gasteiger partial charge on any atom is -0.365 e. The molecule has 0 N–H and O–H groups in total. The molecule has 2 unspecified atom stereocenters. The number of likely N-dealkylation sites (N-methyl/N-ethyl adjacent to an activating group) is 1. The first kappa shape index (κ1) is 20.8. The van der Waals surface area contributed by atoms with Gasteiger partial charge in [0.1, 0.15) is 0 Å². The number of hydrogen-bond donors (Lipinski definition) is 0. The molecule has 6 rings (SSSR count). The second-order valence-electron chi connectivity index (χ2n) is 8.45. The Morgan fingerprint density at radius 3 is 2.60 bits per heavy atom. The van der Waals surface area contributed by atoms with Crippen LogP contribution < -0.4 is 9.80 Å². The predicted molar refractivity (Wildman–Crippen MR) is 130 cm³/mol. The molecule has 0 saturated heterocycles. The highest BCUT2D eigenvalue weighted by molar-refractivity contribution is 6.04. The first-order chi connectivity index (χ1) is 17.0. The van der Waals surface area contributed by atoms with Crippen molar-refractivity contribution in [2.45, 2.75) is 12.1 Å². The molecule has 2 aliphatic heterocycles. The van der Waals surface area contributed by atoms with Gasteiger partial charge >= 0.3 is 0 Å². The molecule has 0 spiro atoms. The van der Waals surface area contributed by atoms with E-state index in [-0.39, 0.29) is 29.6 Å². The Labute approximate surface area is 200 Å². The van der Waals surface area contributed by atoms with E-state index in [1.165, 1.54) is 12.1 Å². The Morgan fingerprint density at radius 2 is 1.80 bits per heavy atom. The van der Waals surface area contributed by atoms with E-state index in [4.69, 9.17) is 4.52 Å². The van der Waals surface area contributed by atoms with Gasteiger partial charge in [-0.3, -0.25) is 19.8 Å². The number of fused-ring (bicyclic) bond motifs is 3. The molecule has 2 aliphatic rings. The van der Waals surface area contributed by atoms with Crippen LogP contribution in [0, 0.1) is 10.1 Å². The topological polar surface area (TPSA) is 106 Å². The summed E-state index contributed by atoms with van der Waals surface area (Å²) in [5.74, 6) is 0.473. The Kier molecular flexibility index (Phi) is 4.70. The Balaban J connectivity index is 1.31. The number of benzene rings is 3. The fraction of sp³-hybridized carbons (Fsp3) is 0.115. The monoisotopic (exact) mass is 465 g/mol. The van der Waals surface area contributed by atoms with Crippen molar-refractivity contribution in [1.29, 1.82) is 0 Å². The third kappa shape index (κ3) is 3.36. The van der Waals surface area contributed by atoms with E-state index < -0.39 is 4.92 Å². The van der Waals surface area contributed by atoms with Gasteiger partial charge in [0.2, 0.25) is 5.82 Å². The zero-order chi connectivity index (χ0) is 24.1. The zero-order valence-corrected chi connectivity index (χ0v) is 18.6. The minimum absolute atomic E-state index is 0.0516. The van der Waals surface area contributed by atoms with Crippen molar-refractivity contribution in [3.05, 3.63) is 101 Å². The molecule has 172 valence electrons. The lowest BCUT2D eigenvalue weighted by atomic mass is 9.97. The first-order valence-corrected chi connectivity index (χ1v) is 11.0. The number of nitro groups is 1. The summed E-state index contributed by atoms with van der Waals surface area (Å²) in [6.07, 6.45) is 3.59. The van der Waals surface area contributed by atoms with E-state index in [0.717, 1.165) is 16.9 Å². The fourth-order valence-corrected chi connectivity index (χ4v) is 4.81. The van der Waals surface area contributed by atoms with Gasteiger partial charge in [-0.2, -0.15) is 4.98 Å². The lowest BCUT2D eigenvalue weighted by molar-refractivity contribution is -0.384. The van der Waals surface area contributed by atoms with Gasteiger partial charge in [-0.15, -0.1) is 0 Å². The standard InChI is InChI=1S/C26H19N5O4/c1-29-21-8-3-2-7-20(21)24-22(29)13-14-23(32)30(24)18-11-9-16(10-12-18)25-27-26(35-28-25)17-5-4-6-19(15-17)31(33)34/h2-15,22,24H,1H3. The van der Waals surface area contributed by atoms with Crippen LogP contribution in [0.5, 0.6) is 0 Å². The molecule has 3 heterocycles. The quantitative estimate of drug-likeness (QED) is 0.316. The van der Waals surface area contributed by atoms with E-state index in [9.17, 15) is 14.9 Å². The number of para-hydroxylation sites is 1. The number of non-ortho nitro benzene ring substituents is 1. The third-order valence-corrected chi connectivity index (χ3v) is 6.49. The number of hydrogen-bond acceptors (Lipinski definition) is 7. The molecule has 9 heteroatoms. The van der Waals surface area contributed by atoms with Gasteiger partial charge in [0.15, 0.2) is 0 Å². The van der Waals surface area contributed by atoms with Crippen molar-refractivity contribution >= 4 is 23.0 Å². The molecule has 9 nitrogen and oxygen atoms in total. The van der Waals surface area contributed by atoms with Crippen molar-refractivity contribution in [1.82, 2.24) is 10.1 Å². The number of nitrogens with zero attached hydrogens (tertiary/aromatic N) is 5. The molecular formula is C26H19N5O4. The lowest BCUT2D eigenvalue weighted by Crippen LogP contribution is -2.44. The second kappa shape index (κ2) is 7.91. The number of carbonyl (C=O) groups excluding carboxylic acids is 1. The smallest absolute Gasteiger partial charge is 0.270 e. The summed E-state index contributed by atoms with van der Waals surface area (Å²) in [5, 5.41) is 15.1. The molecule has 0 bridgehead atoms. The zero-order valence-electron chi connectivity index (χ0n) is 18.6. The van der Waals surface area contributed by atoms with Crippen LogP contribution in [0.15, 0.2) is 89.5 Å². The number of carbonyl (C=O) groups is 1. The van der Waals surface area contributed by atoms with Gasteiger partial charge < -0.3 is 9.42 Å². The van der Waals surface area contributed by atoms with Gasteiger partial charge in [-0.25, -0.2) is 0 Å². The van der Waals surface area contributed by atoms with E-state index in [0.29, 0.717) is 17.0 Å². The van der Waals surface area contributed by atoms with Crippen molar-refractivity contribution < 1.29 is 14.2 Å². The second-order valence-corrected chi connectivity index (χ2v) is 8.45. The predicted octanol–water partition coefficient (Wildman–Crippen LogP) is 4.77. The van der Waals surface area contributed by atoms with E-state index in [2.05, 4.69) is 27.2 Å². The highest BCUT2D eigenvalue weighted by Crippen LogP contribution is 2.46. The average molecular weight is 465 g/mol. The molecule has 4 aromatic rings. The van der Waals surface area contributed by atoms with Crippen LogP contribution >= 0.6 is 0 Å². The molecule has 35 heavy (non-hydrogen) atoms. The molecule has 0 saturated carbocycles.